The Hall–Kier alpha value is -1.31. The second-order valence-electron chi connectivity index (χ2n) is 5.08. The monoisotopic (exact) mass is 289 g/mol. The van der Waals surface area contributed by atoms with Crippen molar-refractivity contribution in [3.05, 3.63) is 0 Å². The first-order valence-electron chi connectivity index (χ1n) is 6.43. The number of rotatable bonds is 3. The van der Waals surface area contributed by atoms with Gasteiger partial charge in [-0.25, -0.2) is 13.2 Å². The molecule has 2 aliphatic rings. The average molecular weight is 289 g/mol. The molecule has 2 heterocycles. The van der Waals surface area contributed by atoms with E-state index in [-0.39, 0.29) is 23.5 Å². The van der Waals surface area contributed by atoms with Crippen LogP contribution in [-0.4, -0.2) is 74.9 Å². The van der Waals surface area contributed by atoms with E-state index in [1.165, 1.54) is 0 Å². The Kier molecular flexibility index (Phi) is 4.28. The average Bonchev–Trinajstić information content (AvgIpc) is 2.76. The molecule has 8 heteroatoms. The molecule has 0 aliphatic carbocycles. The largest absolute Gasteiger partial charge is 0.342 e. The summed E-state index contributed by atoms with van der Waals surface area (Å²) in [6, 6.07) is -0.171. The van der Waals surface area contributed by atoms with Gasteiger partial charge in [0.05, 0.1) is 11.5 Å². The van der Waals surface area contributed by atoms with Crippen molar-refractivity contribution in [2.45, 2.75) is 6.42 Å². The van der Waals surface area contributed by atoms with Gasteiger partial charge in [0.1, 0.15) is 0 Å². The van der Waals surface area contributed by atoms with Gasteiger partial charge in [0.25, 0.3) is 0 Å². The predicted octanol–water partition coefficient (Wildman–Crippen LogP) is -1.10. The Morgan fingerprint density at radius 3 is 2.47 bits per heavy atom. The Labute approximate surface area is 112 Å². The summed E-state index contributed by atoms with van der Waals surface area (Å²) in [6.07, 6.45) is 1.42. The van der Waals surface area contributed by atoms with Crippen LogP contribution in [0.4, 0.5) is 4.79 Å². The standard InChI is InChI=1S/C11H19N3O4S/c15-9-13-2-4-14(5-3-13)11(16)12-7-10-1-6-19(17,18)8-10/h9-10H,1-8H2,(H,12,16)/t10-/m0/s1. The Morgan fingerprint density at radius 1 is 1.26 bits per heavy atom. The Morgan fingerprint density at radius 2 is 1.95 bits per heavy atom. The van der Waals surface area contributed by atoms with Gasteiger partial charge in [0.2, 0.25) is 6.41 Å². The van der Waals surface area contributed by atoms with Crippen molar-refractivity contribution in [3.8, 4) is 0 Å². The fourth-order valence-corrected chi connectivity index (χ4v) is 4.27. The summed E-state index contributed by atoms with van der Waals surface area (Å²) in [4.78, 5) is 25.7. The van der Waals surface area contributed by atoms with Gasteiger partial charge in [0.15, 0.2) is 9.84 Å². The van der Waals surface area contributed by atoms with Crippen molar-refractivity contribution in [3.63, 3.8) is 0 Å². The lowest BCUT2D eigenvalue weighted by Gasteiger charge is -2.32. The molecule has 2 saturated heterocycles. The SMILES string of the molecule is O=CN1CCN(C(=O)NC[C@@H]2CCS(=O)(=O)C2)CC1. The smallest absolute Gasteiger partial charge is 0.317 e. The number of nitrogens with one attached hydrogen (secondary N) is 1. The van der Waals surface area contributed by atoms with E-state index in [0.29, 0.717) is 39.1 Å². The number of sulfone groups is 1. The van der Waals surface area contributed by atoms with E-state index in [4.69, 9.17) is 0 Å². The maximum absolute atomic E-state index is 11.9. The zero-order chi connectivity index (χ0) is 13.9. The highest BCUT2D eigenvalue weighted by Crippen LogP contribution is 2.17. The number of carbonyl (C=O) groups is 2. The van der Waals surface area contributed by atoms with Crippen LogP contribution < -0.4 is 5.32 Å². The van der Waals surface area contributed by atoms with E-state index in [0.717, 1.165) is 6.41 Å². The number of urea groups is 1. The molecule has 7 nitrogen and oxygen atoms in total. The Bertz CT molecular complexity index is 443. The Balaban J connectivity index is 1.72. The molecule has 19 heavy (non-hydrogen) atoms. The molecule has 2 rings (SSSR count). The van der Waals surface area contributed by atoms with Gasteiger partial charge in [-0.1, -0.05) is 0 Å². The van der Waals surface area contributed by atoms with Crippen LogP contribution in [-0.2, 0) is 14.6 Å². The molecule has 0 saturated carbocycles. The van der Waals surface area contributed by atoms with Crippen LogP contribution in [0, 0.1) is 5.92 Å². The van der Waals surface area contributed by atoms with Gasteiger partial charge in [0, 0.05) is 32.7 Å². The molecule has 3 amide bonds. The van der Waals surface area contributed by atoms with Crippen LogP contribution in [0.2, 0.25) is 0 Å². The third-order valence-electron chi connectivity index (χ3n) is 3.62. The lowest BCUT2D eigenvalue weighted by Crippen LogP contribution is -2.51. The van der Waals surface area contributed by atoms with E-state index >= 15 is 0 Å². The van der Waals surface area contributed by atoms with Gasteiger partial charge >= 0.3 is 6.03 Å². The summed E-state index contributed by atoms with van der Waals surface area (Å²) in [5, 5.41) is 2.78. The minimum atomic E-state index is -2.89. The quantitative estimate of drug-likeness (QED) is 0.669. The van der Waals surface area contributed by atoms with E-state index in [1.54, 1.807) is 9.80 Å². The highest BCUT2D eigenvalue weighted by Gasteiger charge is 2.28. The highest BCUT2D eigenvalue weighted by atomic mass is 32.2. The van der Waals surface area contributed by atoms with Crippen molar-refractivity contribution in [1.82, 2.24) is 15.1 Å². The van der Waals surface area contributed by atoms with Gasteiger partial charge in [-0.3, -0.25) is 4.79 Å². The molecule has 2 fully saturated rings. The topological polar surface area (TPSA) is 86.8 Å². The molecule has 0 radical (unpaired) electrons. The summed E-state index contributed by atoms with van der Waals surface area (Å²) in [7, 11) is -2.89. The first-order chi connectivity index (χ1) is 9.00. The fraction of sp³-hybridized carbons (Fsp3) is 0.818. The molecule has 1 atom stereocenters. The second-order valence-corrected chi connectivity index (χ2v) is 7.31. The van der Waals surface area contributed by atoms with E-state index in [1.807, 2.05) is 0 Å². The van der Waals surface area contributed by atoms with Crippen molar-refractivity contribution in [2.24, 2.45) is 5.92 Å². The molecule has 0 bridgehead atoms. The zero-order valence-corrected chi connectivity index (χ0v) is 11.6. The number of piperazine rings is 1. The summed E-state index contributed by atoms with van der Waals surface area (Å²) in [5.41, 5.74) is 0. The first kappa shape index (κ1) is 14.1. The molecule has 0 aromatic heterocycles. The van der Waals surface area contributed by atoms with E-state index in [9.17, 15) is 18.0 Å². The molecular weight excluding hydrogens is 270 g/mol. The molecule has 2 aliphatic heterocycles. The molecule has 0 unspecified atom stereocenters. The predicted molar refractivity (Wildman–Crippen MR) is 69.4 cm³/mol. The third kappa shape index (κ3) is 3.82. The molecule has 0 aromatic rings. The van der Waals surface area contributed by atoms with Crippen molar-refractivity contribution in [2.75, 3.05) is 44.2 Å². The van der Waals surface area contributed by atoms with Crippen molar-refractivity contribution >= 4 is 22.3 Å². The van der Waals surface area contributed by atoms with E-state index in [2.05, 4.69) is 5.32 Å². The van der Waals surface area contributed by atoms with Gasteiger partial charge in [-0.15, -0.1) is 0 Å². The fourth-order valence-electron chi connectivity index (χ4n) is 2.41. The lowest BCUT2D eigenvalue weighted by atomic mass is 10.1. The van der Waals surface area contributed by atoms with Crippen LogP contribution in [0.25, 0.3) is 0 Å². The second kappa shape index (κ2) is 5.77. The first-order valence-corrected chi connectivity index (χ1v) is 8.25. The number of nitrogens with zero attached hydrogens (tertiary/aromatic N) is 2. The van der Waals surface area contributed by atoms with Crippen molar-refractivity contribution < 1.29 is 18.0 Å². The number of carbonyl (C=O) groups excluding carboxylic acids is 2. The van der Waals surface area contributed by atoms with Gasteiger partial charge in [-0.05, 0) is 12.3 Å². The maximum Gasteiger partial charge on any atom is 0.317 e. The number of hydrogen-bond acceptors (Lipinski definition) is 4. The molecule has 0 spiro atoms. The summed E-state index contributed by atoms with van der Waals surface area (Å²) < 4.78 is 22.6. The van der Waals surface area contributed by atoms with Gasteiger partial charge in [-0.2, -0.15) is 0 Å². The molecular formula is C11H19N3O4S. The summed E-state index contributed by atoms with van der Waals surface area (Å²) in [6.45, 7) is 2.55. The number of amides is 3. The minimum Gasteiger partial charge on any atom is -0.342 e. The minimum absolute atomic E-state index is 0.0326. The number of hydrogen-bond donors (Lipinski definition) is 1. The summed E-state index contributed by atoms with van der Waals surface area (Å²) >= 11 is 0. The van der Waals surface area contributed by atoms with E-state index < -0.39 is 9.84 Å². The van der Waals surface area contributed by atoms with Crippen LogP contribution in [0.1, 0.15) is 6.42 Å². The van der Waals surface area contributed by atoms with Gasteiger partial charge < -0.3 is 15.1 Å². The molecule has 1 N–H and O–H groups in total. The van der Waals surface area contributed by atoms with Crippen LogP contribution in [0.3, 0.4) is 0 Å². The van der Waals surface area contributed by atoms with Crippen LogP contribution in [0.15, 0.2) is 0 Å². The highest BCUT2D eigenvalue weighted by molar-refractivity contribution is 7.91. The molecule has 108 valence electrons. The van der Waals surface area contributed by atoms with Crippen LogP contribution >= 0.6 is 0 Å². The maximum atomic E-state index is 11.9. The summed E-state index contributed by atoms with van der Waals surface area (Å²) in [5.74, 6) is 0.433. The zero-order valence-electron chi connectivity index (χ0n) is 10.7. The van der Waals surface area contributed by atoms with Crippen molar-refractivity contribution in [1.29, 1.82) is 0 Å². The van der Waals surface area contributed by atoms with Crippen LogP contribution in [0.5, 0.6) is 0 Å². The lowest BCUT2D eigenvalue weighted by molar-refractivity contribution is -0.119. The normalized spacial score (nSPS) is 26.2. The molecule has 0 aromatic carbocycles. The third-order valence-corrected chi connectivity index (χ3v) is 5.46.